The molecule has 0 saturated heterocycles. The van der Waals surface area contributed by atoms with Crippen molar-refractivity contribution in [3.8, 4) is 0 Å². The lowest BCUT2D eigenvalue weighted by molar-refractivity contribution is -0.115. The fourth-order valence-electron chi connectivity index (χ4n) is 1.89. The van der Waals surface area contributed by atoms with Crippen molar-refractivity contribution in [1.82, 2.24) is 0 Å². The molecule has 0 unspecified atom stereocenters. The molecule has 2 N–H and O–H groups in total. The molecular formula is C17H18FNO2S. The number of carbonyl (C=O) groups excluding carboxylic acids is 1. The SMILES string of the molecule is C[C@@H](SC[C@H](O)c1ccccc1)C(=O)Nc1cccc(F)c1. The molecule has 116 valence electrons. The molecule has 0 fully saturated rings. The van der Waals surface area contributed by atoms with E-state index in [0.717, 1.165) is 5.56 Å². The number of anilines is 1. The second-order valence-corrected chi connectivity index (χ2v) is 6.28. The normalized spacial score (nSPS) is 13.4. The predicted octanol–water partition coefficient (Wildman–Crippen LogP) is 3.62. The number of amides is 1. The number of thioether (sulfide) groups is 1. The molecule has 2 rings (SSSR count). The molecule has 0 aliphatic carbocycles. The number of aliphatic hydroxyl groups excluding tert-OH is 1. The lowest BCUT2D eigenvalue weighted by Gasteiger charge is -2.15. The Hall–Kier alpha value is -1.85. The first-order valence-corrected chi connectivity index (χ1v) is 8.02. The van der Waals surface area contributed by atoms with Crippen LogP contribution in [0.3, 0.4) is 0 Å². The lowest BCUT2D eigenvalue weighted by Crippen LogP contribution is -2.23. The van der Waals surface area contributed by atoms with Crippen LogP contribution < -0.4 is 5.32 Å². The Balaban J connectivity index is 1.84. The summed E-state index contributed by atoms with van der Waals surface area (Å²) in [7, 11) is 0. The number of halogens is 1. The van der Waals surface area contributed by atoms with Crippen LogP contribution >= 0.6 is 11.8 Å². The van der Waals surface area contributed by atoms with Crippen LogP contribution in [0.15, 0.2) is 54.6 Å². The van der Waals surface area contributed by atoms with Gasteiger partial charge in [-0.25, -0.2) is 4.39 Å². The second kappa shape index (κ2) is 7.96. The van der Waals surface area contributed by atoms with E-state index >= 15 is 0 Å². The largest absolute Gasteiger partial charge is 0.388 e. The number of nitrogens with one attached hydrogen (secondary N) is 1. The lowest BCUT2D eigenvalue weighted by atomic mass is 10.1. The average Bonchev–Trinajstić information content (AvgIpc) is 2.53. The van der Waals surface area contributed by atoms with Crippen molar-refractivity contribution in [3.05, 3.63) is 66.0 Å². The molecule has 2 atom stereocenters. The number of benzene rings is 2. The van der Waals surface area contributed by atoms with Gasteiger partial charge in [-0.05, 0) is 30.7 Å². The number of hydrogen-bond donors (Lipinski definition) is 2. The van der Waals surface area contributed by atoms with Gasteiger partial charge in [0, 0.05) is 11.4 Å². The Labute approximate surface area is 133 Å². The van der Waals surface area contributed by atoms with Gasteiger partial charge in [-0.15, -0.1) is 11.8 Å². The molecule has 0 bridgehead atoms. The predicted molar refractivity (Wildman–Crippen MR) is 88.4 cm³/mol. The van der Waals surface area contributed by atoms with Gasteiger partial charge in [-0.3, -0.25) is 4.79 Å². The zero-order chi connectivity index (χ0) is 15.9. The molecule has 0 heterocycles. The van der Waals surface area contributed by atoms with Gasteiger partial charge < -0.3 is 10.4 Å². The summed E-state index contributed by atoms with van der Waals surface area (Å²) in [5.74, 6) is -0.185. The topological polar surface area (TPSA) is 49.3 Å². The van der Waals surface area contributed by atoms with E-state index in [2.05, 4.69) is 5.32 Å². The van der Waals surface area contributed by atoms with E-state index in [9.17, 15) is 14.3 Å². The molecule has 0 aliphatic heterocycles. The monoisotopic (exact) mass is 319 g/mol. The molecule has 0 saturated carbocycles. The zero-order valence-corrected chi connectivity index (χ0v) is 13.0. The fourth-order valence-corrected chi connectivity index (χ4v) is 2.77. The van der Waals surface area contributed by atoms with Crippen LogP contribution in [0.1, 0.15) is 18.6 Å². The van der Waals surface area contributed by atoms with Gasteiger partial charge in [-0.1, -0.05) is 36.4 Å². The molecule has 2 aromatic carbocycles. The third-order valence-electron chi connectivity index (χ3n) is 3.15. The van der Waals surface area contributed by atoms with Crippen molar-refractivity contribution < 1.29 is 14.3 Å². The van der Waals surface area contributed by atoms with Crippen LogP contribution in [0.5, 0.6) is 0 Å². The van der Waals surface area contributed by atoms with E-state index in [-0.39, 0.29) is 11.2 Å². The van der Waals surface area contributed by atoms with Crippen molar-refractivity contribution >= 4 is 23.4 Å². The number of carbonyl (C=O) groups is 1. The van der Waals surface area contributed by atoms with Crippen LogP contribution in [0.25, 0.3) is 0 Å². The highest BCUT2D eigenvalue weighted by Crippen LogP contribution is 2.22. The molecule has 0 radical (unpaired) electrons. The second-order valence-electron chi connectivity index (χ2n) is 4.90. The van der Waals surface area contributed by atoms with Gasteiger partial charge in [-0.2, -0.15) is 0 Å². The minimum absolute atomic E-state index is 0.212. The maximum absolute atomic E-state index is 13.1. The molecule has 0 aliphatic rings. The molecular weight excluding hydrogens is 301 g/mol. The van der Waals surface area contributed by atoms with E-state index in [0.29, 0.717) is 11.4 Å². The minimum Gasteiger partial charge on any atom is -0.388 e. The summed E-state index contributed by atoms with van der Waals surface area (Å²) in [6, 6.07) is 15.1. The Bertz CT molecular complexity index is 621. The van der Waals surface area contributed by atoms with E-state index in [1.807, 2.05) is 30.3 Å². The quantitative estimate of drug-likeness (QED) is 0.855. The molecule has 0 spiro atoms. The third kappa shape index (κ3) is 4.86. The van der Waals surface area contributed by atoms with Crippen LogP contribution in [0, 0.1) is 5.82 Å². The summed E-state index contributed by atoms with van der Waals surface area (Å²) in [5, 5.41) is 12.4. The van der Waals surface area contributed by atoms with Crippen LogP contribution in [0.2, 0.25) is 0 Å². The maximum atomic E-state index is 13.1. The van der Waals surface area contributed by atoms with Gasteiger partial charge in [0.2, 0.25) is 5.91 Å². The van der Waals surface area contributed by atoms with Crippen LogP contribution in [-0.2, 0) is 4.79 Å². The van der Waals surface area contributed by atoms with Crippen molar-refractivity contribution in [2.24, 2.45) is 0 Å². The van der Waals surface area contributed by atoms with Gasteiger partial charge >= 0.3 is 0 Å². The summed E-state index contributed by atoms with van der Waals surface area (Å²) in [6.07, 6.45) is -0.615. The summed E-state index contributed by atoms with van der Waals surface area (Å²) >= 11 is 1.36. The molecule has 2 aromatic rings. The molecule has 3 nitrogen and oxygen atoms in total. The maximum Gasteiger partial charge on any atom is 0.237 e. The first-order valence-electron chi connectivity index (χ1n) is 6.97. The Morgan fingerprint density at radius 3 is 2.64 bits per heavy atom. The Morgan fingerprint density at radius 1 is 1.23 bits per heavy atom. The molecule has 22 heavy (non-hydrogen) atoms. The van der Waals surface area contributed by atoms with Crippen molar-refractivity contribution in [1.29, 1.82) is 0 Å². The zero-order valence-electron chi connectivity index (χ0n) is 12.2. The highest BCUT2D eigenvalue weighted by molar-refractivity contribution is 8.00. The highest BCUT2D eigenvalue weighted by Gasteiger charge is 2.16. The van der Waals surface area contributed by atoms with Crippen molar-refractivity contribution in [3.63, 3.8) is 0 Å². The Kier molecular flexibility index (Phi) is 5.98. The highest BCUT2D eigenvalue weighted by atomic mass is 32.2. The summed E-state index contributed by atoms with van der Waals surface area (Å²) < 4.78 is 13.1. The van der Waals surface area contributed by atoms with E-state index < -0.39 is 11.9 Å². The summed E-state index contributed by atoms with van der Waals surface area (Å²) in [5.41, 5.74) is 1.26. The van der Waals surface area contributed by atoms with Crippen molar-refractivity contribution in [2.45, 2.75) is 18.3 Å². The first kappa shape index (κ1) is 16.5. The van der Waals surface area contributed by atoms with Gasteiger partial charge in [0.15, 0.2) is 0 Å². The summed E-state index contributed by atoms with van der Waals surface area (Å²) in [6.45, 7) is 1.76. The van der Waals surface area contributed by atoms with Crippen LogP contribution in [-0.4, -0.2) is 22.0 Å². The van der Waals surface area contributed by atoms with Gasteiger partial charge in [0.05, 0.1) is 11.4 Å². The average molecular weight is 319 g/mol. The molecule has 5 heteroatoms. The van der Waals surface area contributed by atoms with E-state index in [1.54, 1.807) is 19.1 Å². The molecule has 0 aromatic heterocycles. The Morgan fingerprint density at radius 2 is 1.95 bits per heavy atom. The van der Waals surface area contributed by atoms with E-state index in [4.69, 9.17) is 0 Å². The molecule has 1 amide bonds. The van der Waals surface area contributed by atoms with E-state index in [1.165, 1.54) is 23.9 Å². The van der Waals surface area contributed by atoms with Crippen LogP contribution in [0.4, 0.5) is 10.1 Å². The third-order valence-corrected chi connectivity index (χ3v) is 4.37. The minimum atomic E-state index is -0.615. The number of hydrogen-bond acceptors (Lipinski definition) is 3. The number of rotatable bonds is 6. The fraction of sp³-hybridized carbons (Fsp3) is 0.235. The number of aliphatic hydroxyl groups is 1. The first-order chi connectivity index (χ1) is 10.6. The van der Waals surface area contributed by atoms with Crippen molar-refractivity contribution in [2.75, 3.05) is 11.1 Å². The summed E-state index contributed by atoms with van der Waals surface area (Å²) in [4.78, 5) is 12.0. The van der Waals surface area contributed by atoms with Gasteiger partial charge in [0.25, 0.3) is 0 Å². The van der Waals surface area contributed by atoms with Gasteiger partial charge in [0.1, 0.15) is 5.82 Å². The standard InChI is InChI=1S/C17H18FNO2S/c1-12(17(21)19-15-9-5-8-14(18)10-15)22-11-16(20)13-6-3-2-4-7-13/h2-10,12,16,20H,11H2,1H3,(H,19,21)/t12-,16+/m1/s1. The smallest absolute Gasteiger partial charge is 0.237 e.